The van der Waals surface area contributed by atoms with Crippen molar-refractivity contribution >= 4 is 5.91 Å². The van der Waals surface area contributed by atoms with Gasteiger partial charge in [-0.1, -0.05) is 46.5 Å². The fraction of sp³-hybridized carbons (Fsp3) is 0.917. The summed E-state index contributed by atoms with van der Waals surface area (Å²) in [5.41, 5.74) is 0. The minimum Gasteiger partial charge on any atom is -0.356 e. The quantitative estimate of drug-likeness (QED) is 0.598. The Bertz CT molecular complexity index is 143. The van der Waals surface area contributed by atoms with E-state index in [1.807, 2.05) is 0 Å². The Balaban J connectivity index is 3.15. The second kappa shape index (κ2) is 9.04. The molecule has 0 radical (unpaired) electrons. The van der Waals surface area contributed by atoms with Gasteiger partial charge in [-0.2, -0.15) is 0 Å². The Morgan fingerprint density at radius 1 is 1.14 bits per heavy atom. The van der Waals surface area contributed by atoms with Gasteiger partial charge in [-0.3, -0.25) is 4.79 Å². The molecule has 0 aromatic heterocycles. The van der Waals surface area contributed by atoms with E-state index in [-0.39, 0.29) is 5.91 Å². The second-order valence-electron chi connectivity index (χ2n) is 4.36. The van der Waals surface area contributed by atoms with Gasteiger partial charge in [-0.15, -0.1) is 0 Å². The summed E-state index contributed by atoms with van der Waals surface area (Å²) in [4.78, 5) is 11.2. The SMILES string of the molecule is CCCCCCCNC(=O)CC(C)C. The molecule has 2 nitrogen and oxygen atoms in total. The van der Waals surface area contributed by atoms with Crippen molar-refractivity contribution in [2.24, 2.45) is 5.92 Å². The summed E-state index contributed by atoms with van der Waals surface area (Å²) in [6.07, 6.45) is 6.94. The Hall–Kier alpha value is -0.530. The van der Waals surface area contributed by atoms with E-state index in [1.165, 1.54) is 25.7 Å². The van der Waals surface area contributed by atoms with Crippen LogP contribution in [0.3, 0.4) is 0 Å². The van der Waals surface area contributed by atoms with Gasteiger partial charge in [0.15, 0.2) is 0 Å². The molecule has 0 spiro atoms. The third-order valence-corrected chi connectivity index (χ3v) is 2.20. The number of hydrogen-bond acceptors (Lipinski definition) is 1. The molecule has 0 aromatic rings. The van der Waals surface area contributed by atoms with Crippen LogP contribution >= 0.6 is 0 Å². The van der Waals surface area contributed by atoms with Crippen LogP contribution in [0.25, 0.3) is 0 Å². The van der Waals surface area contributed by atoms with Crippen LogP contribution in [0.2, 0.25) is 0 Å². The Morgan fingerprint density at radius 2 is 1.79 bits per heavy atom. The highest BCUT2D eigenvalue weighted by Gasteiger charge is 2.02. The molecule has 1 N–H and O–H groups in total. The summed E-state index contributed by atoms with van der Waals surface area (Å²) in [5, 5.41) is 2.95. The van der Waals surface area contributed by atoms with E-state index in [2.05, 4.69) is 26.1 Å². The smallest absolute Gasteiger partial charge is 0.220 e. The number of rotatable bonds is 8. The van der Waals surface area contributed by atoms with Gasteiger partial charge in [-0.25, -0.2) is 0 Å². The molecule has 0 aliphatic carbocycles. The molecule has 0 aliphatic heterocycles. The fourth-order valence-electron chi connectivity index (χ4n) is 1.40. The fourth-order valence-corrected chi connectivity index (χ4v) is 1.40. The lowest BCUT2D eigenvalue weighted by molar-refractivity contribution is -0.121. The van der Waals surface area contributed by atoms with E-state index in [9.17, 15) is 4.79 Å². The highest BCUT2D eigenvalue weighted by atomic mass is 16.1. The first kappa shape index (κ1) is 13.5. The summed E-state index contributed by atoms with van der Waals surface area (Å²) in [6, 6.07) is 0. The normalized spacial score (nSPS) is 10.6. The summed E-state index contributed by atoms with van der Waals surface area (Å²) in [7, 11) is 0. The van der Waals surface area contributed by atoms with Crippen molar-refractivity contribution in [3.8, 4) is 0 Å². The number of unbranched alkanes of at least 4 members (excludes halogenated alkanes) is 4. The van der Waals surface area contributed by atoms with Crippen LogP contribution in [0.5, 0.6) is 0 Å². The molecule has 84 valence electrons. The van der Waals surface area contributed by atoms with Crippen LogP contribution in [0.15, 0.2) is 0 Å². The zero-order chi connectivity index (χ0) is 10.8. The Labute approximate surface area is 88.5 Å². The van der Waals surface area contributed by atoms with Crippen molar-refractivity contribution < 1.29 is 4.79 Å². The van der Waals surface area contributed by atoms with E-state index in [1.54, 1.807) is 0 Å². The summed E-state index contributed by atoms with van der Waals surface area (Å²) >= 11 is 0. The first-order valence-electron chi connectivity index (χ1n) is 5.93. The minimum atomic E-state index is 0.204. The second-order valence-corrected chi connectivity index (χ2v) is 4.36. The van der Waals surface area contributed by atoms with Gasteiger partial charge in [-0.05, 0) is 12.3 Å². The molecule has 1 amide bonds. The maximum Gasteiger partial charge on any atom is 0.220 e. The predicted molar refractivity (Wildman–Crippen MR) is 61.2 cm³/mol. The predicted octanol–water partition coefficient (Wildman–Crippen LogP) is 3.12. The van der Waals surface area contributed by atoms with Gasteiger partial charge in [0.05, 0.1) is 0 Å². The number of carbonyl (C=O) groups is 1. The maximum absolute atomic E-state index is 11.2. The zero-order valence-corrected chi connectivity index (χ0v) is 9.94. The van der Waals surface area contributed by atoms with Crippen LogP contribution in [-0.2, 0) is 4.79 Å². The van der Waals surface area contributed by atoms with Gasteiger partial charge in [0.2, 0.25) is 5.91 Å². The van der Waals surface area contributed by atoms with Crippen LogP contribution in [0.4, 0.5) is 0 Å². The third kappa shape index (κ3) is 9.56. The van der Waals surface area contributed by atoms with Gasteiger partial charge in [0.25, 0.3) is 0 Å². The summed E-state index contributed by atoms with van der Waals surface area (Å²) in [5.74, 6) is 0.672. The molecule has 2 heteroatoms. The molecular formula is C12H25NO. The highest BCUT2D eigenvalue weighted by Crippen LogP contribution is 2.02. The topological polar surface area (TPSA) is 29.1 Å². The maximum atomic E-state index is 11.2. The number of nitrogens with one attached hydrogen (secondary N) is 1. The Kier molecular flexibility index (Phi) is 8.70. The van der Waals surface area contributed by atoms with E-state index < -0.39 is 0 Å². The van der Waals surface area contributed by atoms with Crippen LogP contribution in [0.1, 0.15) is 59.3 Å². The van der Waals surface area contributed by atoms with Gasteiger partial charge in [0, 0.05) is 13.0 Å². The monoisotopic (exact) mass is 199 g/mol. The molecule has 0 saturated carbocycles. The zero-order valence-electron chi connectivity index (χ0n) is 9.94. The first-order valence-corrected chi connectivity index (χ1v) is 5.93. The Morgan fingerprint density at radius 3 is 2.36 bits per heavy atom. The van der Waals surface area contributed by atoms with E-state index >= 15 is 0 Å². The van der Waals surface area contributed by atoms with Crippen molar-refractivity contribution in [2.45, 2.75) is 59.3 Å². The molecule has 0 unspecified atom stereocenters. The van der Waals surface area contributed by atoms with Crippen molar-refractivity contribution in [3.05, 3.63) is 0 Å². The molecule has 0 rings (SSSR count). The average molecular weight is 199 g/mol. The highest BCUT2D eigenvalue weighted by molar-refractivity contribution is 5.75. The lowest BCUT2D eigenvalue weighted by Crippen LogP contribution is -2.25. The average Bonchev–Trinajstić information content (AvgIpc) is 2.10. The standard InChI is InChI=1S/C12H25NO/c1-4-5-6-7-8-9-13-12(14)10-11(2)3/h11H,4-10H2,1-3H3,(H,13,14). The summed E-state index contributed by atoms with van der Waals surface area (Å²) in [6.45, 7) is 7.21. The van der Waals surface area contributed by atoms with Gasteiger partial charge < -0.3 is 5.32 Å². The van der Waals surface area contributed by atoms with Gasteiger partial charge in [0.1, 0.15) is 0 Å². The third-order valence-electron chi connectivity index (χ3n) is 2.20. The molecule has 0 saturated heterocycles. The molecule has 0 heterocycles. The lowest BCUT2D eigenvalue weighted by atomic mass is 10.1. The summed E-state index contributed by atoms with van der Waals surface area (Å²) < 4.78 is 0. The first-order chi connectivity index (χ1) is 6.66. The van der Waals surface area contributed by atoms with Crippen molar-refractivity contribution in [1.82, 2.24) is 5.32 Å². The van der Waals surface area contributed by atoms with Crippen molar-refractivity contribution in [1.29, 1.82) is 0 Å². The van der Waals surface area contributed by atoms with Crippen LogP contribution in [-0.4, -0.2) is 12.5 Å². The molecule has 0 aromatic carbocycles. The van der Waals surface area contributed by atoms with Crippen molar-refractivity contribution in [3.63, 3.8) is 0 Å². The number of hydrogen-bond donors (Lipinski definition) is 1. The lowest BCUT2D eigenvalue weighted by Gasteiger charge is -2.06. The van der Waals surface area contributed by atoms with E-state index in [0.717, 1.165) is 13.0 Å². The molecule has 0 atom stereocenters. The van der Waals surface area contributed by atoms with E-state index in [4.69, 9.17) is 0 Å². The van der Waals surface area contributed by atoms with E-state index in [0.29, 0.717) is 12.3 Å². The van der Waals surface area contributed by atoms with Crippen molar-refractivity contribution in [2.75, 3.05) is 6.54 Å². The van der Waals surface area contributed by atoms with Gasteiger partial charge >= 0.3 is 0 Å². The molecular weight excluding hydrogens is 174 g/mol. The number of carbonyl (C=O) groups excluding carboxylic acids is 1. The molecule has 0 bridgehead atoms. The molecule has 0 fully saturated rings. The number of amides is 1. The van der Waals surface area contributed by atoms with Crippen LogP contribution < -0.4 is 5.32 Å². The van der Waals surface area contributed by atoms with Crippen LogP contribution in [0, 0.1) is 5.92 Å². The molecule has 0 aliphatic rings. The molecule has 14 heavy (non-hydrogen) atoms. The minimum absolute atomic E-state index is 0.204. The largest absolute Gasteiger partial charge is 0.356 e.